The van der Waals surface area contributed by atoms with Gasteiger partial charge in [-0.25, -0.2) is 9.78 Å². The third-order valence-electron chi connectivity index (χ3n) is 5.70. The molecule has 32 heavy (non-hydrogen) atoms. The highest BCUT2D eigenvalue weighted by Gasteiger charge is 2.28. The number of imidazole rings is 1. The van der Waals surface area contributed by atoms with Gasteiger partial charge in [0.2, 0.25) is 0 Å². The highest BCUT2D eigenvalue weighted by atomic mass is 16.5. The average molecular weight is 438 g/mol. The molecule has 1 N–H and O–H groups in total. The first kappa shape index (κ1) is 21.8. The lowest BCUT2D eigenvalue weighted by Crippen LogP contribution is -2.46. The summed E-state index contributed by atoms with van der Waals surface area (Å²) in [5.74, 6) is -0.232. The molecule has 0 aromatic carbocycles. The number of fused-ring (bicyclic) bond motifs is 1. The Balaban J connectivity index is 1.74. The van der Waals surface area contributed by atoms with Crippen LogP contribution in [-0.4, -0.2) is 71.2 Å². The molecule has 0 unspecified atom stereocenters. The SMILES string of the molecule is CNC(=O)c1cc(C)c(-c2nc3cc(C)ccn3c2C[C@H]2CN(C(=O)OC)CCO2)cn1. The van der Waals surface area contributed by atoms with E-state index in [0.717, 1.165) is 33.7 Å². The van der Waals surface area contributed by atoms with Gasteiger partial charge in [-0.1, -0.05) is 0 Å². The van der Waals surface area contributed by atoms with Crippen LogP contribution in [0.25, 0.3) is 16.9 Å². The maximum atomic E-state index is 12.0. The number of morpholine rings is 1. The largest absolute Gasteiger partial charge is 0.453 e. The number of methoxy groups -OCH3 is 1. The van der Waals surface area contributed by atoms with E-state index >= 15 is 0 Å². The molecule has 2 amide bonds. The Morgan fingerprint density at radius 3 is 2.84 bits per heavy atom. The second-order valence-corrected chi connectivity index (χ2v) is 7.92. The summed E-state index contributed by atoms with van der Waals surface area (Å²) in [6.45, 7) is 5.37. The number of aryl methyl sites for hydroxylation is 2. The lowest BCUT2D eigenvalue weighted by atomic mass is 10.0. The van der Waals surface area contributed by atoms with Crippen molar-refractivity contribution >= 4 is 17.6 Å². The molecule has 4 rings (SSSR count). The van der Waals surface area contributed by atoms with Crippen molar-refractivity contribution in [2.75, 3.05) is 33.9 Å². The third kappa shape index (κ3) is 4.16. The molecule has 168 valence electrons. The number of carbonyl (C=O) groups excluding carboxylic acids is 2. The molecule has 0 bridgehead atoms. The van der Waals surface area contributed by atoms with Gasteiger partial charge in [0, 0.05) is 38.0 Å². The Kier molecular flexibility index (Phi) is 6.09. The van der Waals surface area contributed by atoms with Gasteiger partial charge in [-0.2, -0.15) is 0 Å². The number of aromatic nitrogens is 3. The fraction of sp³-hybridized carbons (Fsp3) is 0.391. The van der Waals surface area contributed by atoms with E-state index in [1.54, 1.807) is 24.2 Å². The topological polar surface area (TPSA) is 98.1 Å². The zero-order chi connectivity index (χ0) is 22.8. The van der Waals surface area contributed by atoms with Crippen molar-refractivity contribution in [1.29, 1.82) is 0 Å². The Hall–Kier alpha value is -3.46. The van der Waals surface area contributed by atoms with Crippen LogP contribution in [0.15, 0.2) is 30.6 Å². The van der Waals surface area contributed by atoms with E-state index in [-0.39, 0.29) is 18.1 Å². The molecule has 9 nitrogen and oxygen atoms in total. The van der Waals surface area contributed by atoms with Crippen LogP contribution in [0, 0.1) is 13.8 Å². The number of nitrogens with one attached hydrogen (secondary N) is 1. The van der Waals surface area contributed by atoms with E-state index in [2.05, 4.69) is 14.7 Å². The van der Waals surface area contributed by atoms with Gasteiger partial charge in [-0.3, -0.25) is 9.78 Å². The van der Waals surface area contributed by atoms with Crippen LogP contribution in [-0.2, 0) is 15.9 Å². The van der Waals surface area contributed by atoms with Crippen LogP contribution in [0.1, 0.15) is 27.3 Å². The van der Waals surface area contributed by atoms with Gasteiger partial charge in [-0.15, -0.1) is 0 Å². The first-order chi connectivity index (χ1) is 15.4. The van der Waals surface area contributed by atoms with E-state index in [9.17, 15) is 9.59 Å². The Labute approximate surface area is 186 Å². The van der Waals surface area contributed by atoms with Crippen LogP contribution >= 0.6 is 0 Å². The van der Waals surface area contributed by atoms with Gasteiger partial charge in [0.15, 0.2) is 0 Å². The van der Waals surface area contributed by atoms with E-state index in [0.29, 0.717) is 31.8 Å². The second kappa shape index (κ2) is 8.96. The Bertz CT molecular complexity index is 1170. The molecule has 3 aromatic rings. The van der Waals surface area contributed by atoms with Crippen LogP contribution in [0.4, 0.5) is 4.79 Å². The van der Waals surface area contributed by atoms with E-state index in [4.69, 9.17) is 14.5 Å². The molecule has 0 radical (unpaired) electrons. The Morgan fingerprint density at radius 1 is 1.31 bits per heavy atom. The molecule has 4 heterocycles. The fourth-order valence-corrected chi connectivity index (χ4v) is 4.02. The molecule has 9 heteroatoms. The summed E-state index contributed by atoms with van der Waals surface area (Å²) in [5.41, 5.74) is 5.81. The monoisotopic (exact) mass is 437 g/mol. The first-order valence-corrected chi connectivity index (χ1v) is 10.5. The fourth-order valence-electron chi connectivity index (χ4n) is 4.02. The van der Waals surface area contributed by atoms with Crippen LogP contribution in [0.2, 0.25) is 0 Å². The minimum atomic E-state index is -0.350. The summed E-state index contributed by atoms with van der Waals surface area (Å²) in [5, 5.41) is 2.60. The molecular weight excluding hydrogens is 410 g/mol. The van der Waals surface area contributed by atoms with Crippen molar-refractivity contribution in [2.45, 2.75) is 26.4 Å². The number of rotatable bonds is 4. The van der Waals surface area contributed by atoms with Crippen molar-refractivity contribution in [3.63, 3.8) is 0 Å². The van der Waals surface area contributed by atoms with E-state index < -0.39 is 0 Å². The van der Waals surface area contributed by atoms with Crippen molar-refractivity contribution < 1.29 is 19.1 Å². The highest BCUT2D eigenvalue weighted by molar-refractivity contribution is 5.92. The van der Waals surface area contributed by atoms with E-state index in [1.165, 1.54) is 7.11 Å². The van der Waals surface area contributed by atoms with Crippen LogP contribution < -0.4 is 5.32 Å². The van der Waals surface area contributed by atoms with Crippen LogP contribution in [0.5, 0.6) is 0 Å². The Morgan fingerprint density at radius 2 is 2.12 bits per heavy atom. The molecule has 0 spiro atoms. The number of ether oxygens (including phenoxy) is 2. The molecule has 1 aliphatic heterocycles. The summed E-state index contributed by atoms with van der Waals surface area (Å²) in [6, 6.07) is 5.82. The summed E-state index contributed by atoms with van der Waals surface area (Å²) in [6.07, 6.45) is 3.71. The standard InChI is InChI=1S/C23H27N5O4/c1-14-5-6-28-19(11-16-13-27(7-8-32-16)23(30)31-4)21(26-20(28)9-14)17-12-25-18(10-15(17)2)22(29)24-3/h5-6,9-10,12,16H,7-8,11,13H2,1-4H3,(H,24,29)/t16-/m0/s1. The molecule has 1 fully saturated rings. The summed E-state index contributed by atoms with van der Waals surface area (Å²) in [4.78, 5) is 34.9. The smallest absolute Gasteiger partial charge is 0.409 e. The van der Waals surface area contributed by atoms with Gasteiger partial charge < -0.3 is 24.1 Å². The minimum Gasteiger partial charge on any atom is -0.453 e. The van der Waals surface area contributed by atoms with E-state index in [1.807, 2.05) is 32.2 Å². The zero-order valence-corrected chi connectivity index (χ0v) is 18.7. The average Bonchev–Trinajstić information content (AvgIpc) is 3.14. The number of amides is 2. The summed E-state index contributed by atoms with van der Waals surface area (Å²) >= 11 is 0. The molecular formula is C23H27N5O4. The van der Waals surface area contributed by atoms with Gasteiger partial charge in [0.25, 0.3) is 5.91 Å². The van der Waals surface area contributed by atoms with Gasteiger partial charge in [0.1, 0.15) is 11.3 Å². The molecule has 1 saturated heterocycles. The molecule has 0 saturated carbocycles. The minimum absolute atomic E-state index is 0.193. The second-order valence-electron chi connectivity index (χ2n) is 7.92. The lowest BCUT2D eigenvalue weighted by Gasteiger charge is -2.32. The van der Waals surface area contributed by atoms with Crippen molar-refractivity contribution in [3.8, 4) is 11.3 Å². The zero-order valence-electron chi connectivity index (χ0n) is 18.7. The van der Waals surface area contributed by atoms with Crippen molar-refractivity contribution in [3.05, 3.63) is 53.1 Å². The van der Waals surface area contributed by atoms with Gasteiger partial charge in [0.05, 0.1) is 37.8 Å². The molecule has 1 aliphatic rings. The predicted octanol–water partition coefficient (Wildman–Crippen LogP) is 2.38. The summed E-state index contributed by atoms with van der Waals surface area (Å²) in [7, 11) is 2.97. The quantitative estimate of drug-likeness (QED) is 0.673. The molecule has 3 aromatic heterocycles. The summed E-state index contributed by atoms with van der Waals surface area (Å²) < 4.78 is 12.9. The first-order valence-electron chi connectivity index (χ1n) is 10.5. The number of pyridine rings is 2. The maximum absolute atomic E-state index is 12.0. The number of hydrogen-bond donors (Lipinski definition) is 1. The lowest BCUT2D eigenvalue weighted by molar-refractivity contribution is -0.0241. The number of hydrogen-bond acceptors (Lipinski definition) is 6. The molecule has 0 aliphatic carbocycles. The van der Waals surface area contributed by atoms with Crippen molar-refractivity contribution in [1.82, 2.24) is 24.6 Å². The highest BCUT2D eigenvalue weighted by Crippen LogP contribution is 2.29. The maximum Gasteiger partial charge on any atom is 0.409 e. The number of carbonyl (C=O) groups is 2. The normalized spacial score (nSPS) is 16.2. The van der Waals surface area contributed by atoms with Gasteiger partial charge in [-0.05, 0) is 43.2 Å². The number of nitrogens with zero attached hydrogens (tertiary/aromatic N) is 4. The molecule has 1 atom stereocenters. The van der Waals surface area contributed by atoms with Crippen molar-refractivity contribution in [2.24, 2.45) is 0 Å². The third-order valence-corrected chi connectivity index (χ3v) is 5.70. The van der Waals surface area contributed by atoms with Crippen LogP contribution in [0.3, 0.4) is 0 Å². The van der Waals surface area contributed by atoms with Gasteiger partial charge >= 0.3 is 6.09 Å². The predicted molar refractivity (Wildman–Crippen MR) is 119 cm³/mol.